The van der Waals surface area contributed by atoms with E-state index >= 15 is 0 Å². The van der Waals surface area contributed by atoms with Gasteiger partial charge in [-0.1, -0.05) is 36.4 Å². The molecule has 0 aliphatic heterocycles. The number of benzene rings is 3. The molecule has 7 heteroatoms. The summed E-state index contributed by atoms with van der Waals surface area (Å²) in [6.07, 6.45) is 1.52. The Labute approximate surface area is 199 Å². The molecule has 1 aromatic heterocycles. The molecule has 0 spiro atoms. The van der Waals surface area contributed by atoms with Gasteiger partial charge in [-0.25, -0.2) is 4.98 Å². The highest BCUT2D eigenvalue weighted by molar-refractivity contribution is 5.77. The number of hydrogen-bond donors (Lipinski definition) is 1. The molecule has 1 heterocycles. The van der Waals surface area contributed by atoms with E-state index in [1.54, 1.807) is 7.11 Å². The predicted molar refractivity (Wildman–Crippen MR) is 131 cm³/mol. The third-order valence-electron chi connectivity index (χ3n) is 5.37. The van der Waals surface area contributed by atoms with Gasteiger partial charge in [0.15, 0.2) is 6.61 Å². The number of amides is 1. The number of carbonyl (C=O) groups is 1. The van der Waals surface area contributed by atoms with Crippen LogP contribution in [0, 0.1) is 0 Å². The van der Waals surface area contributed by atoms with Crippen molar-refractivity contribution in [3.63, 3.8) is 0 Å². The molecule has 4 aromatic rings. The van der Waals surface area contributed by atoms with Crippen molar-refractivity contribution in [3.05, 3.63) is 84.7 Å². The van der Waals surface area contributed by atoms with Crippen molar-refractivity contribution in [3.8, 4) is 17.2 Å². The number of carbonyl (C=O) groups excluding carboxylic acids is 1. The molecule has 3 aromatic carbocycles. The van der Waals surface area contributed by atoms with E-state index in [4.69, 9.17) is 19.2 Å². The lowest BCUT2D eigenvalue weighted by atomic mass is 10.3. The Kier molecular flexibility index (Phi) is 8.00. The molecule has 0 radical (unpaired) electrons. The number of rotatable bonds is 12. The zero-order valence-electron chi connectivity index (χ0n) is 19.3. The average Bonchev–Trinajstić information content (AvgIpc) is 3.23. The van der Waals surface area contributed by atoms with Crippen LogP contribution >= 0.6 is 0 Å². The highest BCUT2D eigenvalue weighted by atomic mass is 16.5. The van der Waals surface area contributed by atoms with Crippen molar-refractivity contribution in [2.75, 3.05) is 26.9 Å². The number of nitrogens with zero attached hydrogens (tertiary/aromatic N) is 2. The van der Waals surface area contributed by atoms with Gasteiger partial charge in [-0.2, -0.15) is 0 Å². The number of ether oxygens (including phenoxy) is 3. The normalized spacial score (nSPS) is 10.7. The molecule has 0 bridgehead atoms. The third kappa shape index (κ3) is 6.28. The molecular formula is C27H29N3O4. The lowest BCUT2D eigenvalue weighted by molar-refractivity contribution is -0.123. The maximum atomic E-state index is 12.1. The molecule has 1 N–H and O–H groups in total. The highest BCUT2D eigenvalue weighted by Crippen LogP contribution is 2.20. The summed E-state index contributed by atoms with van der Waals surface area (Å²) in [5, 5.41) is 2.91. The van der Waals surface area contributed by atoms with Gasteiger partial charge in [0, 0.05) is 19.0 Å². The summed E-state index contributed by atoms with van der Waals surface area (Å²) in [5.74, 6) is 3.06. The number of aromatic nitrogens is 2. The number of imidazole rings is 1. The monoisotopic (exact) mass is 459 g/mol. The first-order chi connectivity index (χ1) is 16.7. The van der Waals surface area contributed by atoms with E-state index in [2.05, 4.69) is 16.0 Å². The summed E-state index contributed by atoms with van der Waals surface area (Å²) in [6, 6.07) is 25.0. The Hall–Kier alpha value is -4.00. The molecule has 7 nitrogen and oxygen atoms in total. The summed E-state index contributed by atoms with van der Waals surface area (Å²) in [5.41, 5.74) is 2.03. The van der Waals surface area contributed by atoms with E-state index in [1.165, 1.54) is 0 Å². The zero-order chi connectivity index (χ0) is 23.6. The van der Waals surface area contributed by atoms with Crippen LogP contribution in [0.1, 0.15) is 12.2 Å². The highest BCUT2D eigenvalue weighted by Gasteiger charge is 2.11. The summed E-state index contributed by atoms with van der Waals surface area (Å²) < 4.78 is 18.9. The van der Waals surface area contributed by atoms with Crippen LogP contribution in [-0.2, 0) is 17.8 Å². The minimum atomic E-state index is -0.135. The van der Waals surface area contributed by atoms with Crippen molar-refractivity contribution in [1.82, 2.24) is 14.9 Å². The smallest absolute Gasteiger partial charge is 0.257 e. The Bertz CT molecular complexity index is 1210. The molecule has 0 saturated heterocycles. The standard InChI is InChI=1S/C27H29N3O4/c1-32-22-11-7-12-23(19-22)33-18-17-30-25-14-6-5-13-24(25)29-26(30)15-8-16-28-27(31)20-34-21-9-3-2-4-10-21/h2-7,9-14,19H,8,15-18,20H2,1H3,(H,28,31). The Balaban J connectivity index is 1.29. The summed E-state index contributed by atoms with van der Waals surface area (Å²) >= 11 is 0. The van der Waals surface area contributed by atoms with Crippen LogP contribution in [-0.4, -0.2) is 42.3 Å². The van der Waals surface area contributed by atoms with E-state index < -0.39 is 0 Å². The van der Waals surface area contributed by atoms with Crippen molar-refractivity contribution in [2.45, 2.75) is 19.4 Å². The molecule has 0 atom stereocenters. The molecule has 4 rings (SSSR count). The molecule has 1 amide bonds. The third-order valence-corrected chi connectivity index (χ3v) is 5.37. The Morgan fingerprint density at radius 1 is 0.912 bits per heavy atom. The van der Waals surface area contributed by atoms with Crippen LogP contribution in [0.4, 0.5) is 0 Å². The fraction of sp³-hybridized carbons (Fsp3) is 0.259. The topological polar surface area (TPSA) is 74.6 Å². The molecular weight excluding hydrogens is 430 g/mol. The van der Waals surface area contributed by atoms with E-state index in [9.17, 15) is 4.79 Å². The van der Waals surface area contributed by atoms with Gasteiger partial charge in [0.05, 0.1) is 24.7 Å². The molecule has 0 aliphatic carbocycles. The van der Waals surface area contributed by atoms with Crippen LogP contribution in [0.5, 0.6) is 17.2 Å². The number of methoxy groups -OCH3 is 1. The quantitative estimate of drug-likeness (QED) is 0.321. The van der Waals surface area contributed by atoms with Crippen molar-refractivity contribution in [2.24, 2.45) is 0 Å². The van der Waals surface area contributed by atoms with Gasteiger partial charge >= 0.3 is 0 Å². The van der Waals surface area contributed by atoms with Gasteiger partial charge in [0.1, 0.15) is 29.7 Å². The number of fused-ring (bicyclic) bond motifs is 1. The fourth-order valence-corrected chi connectivity index (χ4v) is 3.70. The van der Waals surface area contributed by atoms with Gasteiger partial charge in [0.25, 0.3) is 5.91 Å². The minimum Gasteiger partial charge on any atom is -0.497 e. The Morgan fingerprint density at radius 2 is 1.68 bits per heavy atom. The number of hydrogen-bond acceptors (Lipinski definition) is 5. The first-order valence-electron chi connectivity index (χ1n) is 11.4. The lowest BCUT2D eigenvalue weighted by Crippen LogP contribution is -2.30. The number of aryl methyl sites for hydroxylation is 1. The van der Waals surface area contributed by atoms with Crippen LogP contribution in [0.25, 0.3) is 11.0 Å². The SMILES string of the molecule is COc1cccc(OCCn2c(CCCNC(=O)COc3ccccc3)nc3ccccc32)c1. The maximum Gasteiger partial charge on any atom is 0.257 e. The maximum absolute atomic E-state index is 12.1. The van der Waals surface area contributed by atoms with Crippen LogP contribution in [0.15, 0.2) is 78.9 Å². The first-order valence-corrected chi connectivity index (χ1v) is 11.4. The largest absolute Gasteiger partial charge is 0.497 e. The molecule has 0 saturated carbocycles. The fourth-order valence-electron chi connectivity index (χ4n) is 3.70. The average molecular weight is 460 g/mol. The van der Waals surface area contributed by atoms with Gasteiger partial charge in [-0.3, -0.25) is 4.79 Å². The molecule has 34 heavy (non-hydrogen) atoms. The summed E-state index contributed by atoms with van der Waals surface area (Å²) in [7, 11) is 1.64. The van der Waals surface area contributed by atoms with Gasteiger partial charge in [0.2, 0.25) is 0 Å². The molecule has 176 valence electrons. The number of para-hydroxylation sites is 3. The first kappa shape index (κ1) is 23.2. The summed E-state index contributed by atoms with van der Waals surface area (Å²) in [4.78, 5) is 16.9. The second-order valence-electron chi connectivity index (χ2n) is 7.75. The molecule has 0 aliphatic rings. The van der Waals surface area contributed by atoms with E-state index in [-0.39, 0.29) is 12.5 Å². The second kappa shape index (κ2) is 11.7. The zero-order valence-corrected chi connectivity index (χ0v) is 19.3. The van der Waals surface area contributed by atoms with E-state index in [0.717, 1.165) is 41.2 Å². The lowest BCUT2D eigenvalue weighted by Gasteiger charge is -2.12. The second-order valence-corrected chi connectivity index (χ2v) is 7.75. The molecule has 0 unspecified atom stereocenters. The predicted octanol–water partition coefficient (Wildman–Crippen LogP) is 4.25. The number of nitrogens with one attached hydrogen (secondary N) is 1. The Morgan fingerprint density at radius 3 is 2.53 bits per heavy atom. The van der Waals surface area contributed by atoms with Crippen LogP contribution < -0.4 is 19.5 Å². The minimum absolute atomic E-state index is 0.00410. The van der Waals surface area contributed by atoms with Crippen LogP contribution in [0.3, 0.4) is 0 Å². The summed E-state index contributed by atoms with van der Waals surface area (Å²) in [6.45, 7) is 1.74. The van der Waals surface area contributed by atoms with Crippen molar-refractivity contribution >= 4 is 16.9 Å². The van der Waals surface area contributed by atoms with Crippen LogP contribution in [0.2, 0.25) is 0 Å². The van der Waals surface area contributed by atoms with Crippen molar-refractivity contribution in [1.29, 1.82) is 0 Å². The van der Waals surface area contributed by atoms with Gasteiger partial charge in [-0.05, 0) is 42.8 Å². The van der Waals surface area contributed by atoms with Gasteiger partial charge < -0.3 is 24.1 Å². The van der Waals surface area contributed by atoms with Crippen molar-refractivity contribution < 1.29 is 19.0 Å². The molecule has 0 fully saturated rings. The van der Waals surface area contributed by atoms with E-state index in [1.807, 2.05) is 72.8 Å². The van der Waals surface area contributed by atoms with Gasteiger partial charge in [-0.15, -0.1) is 0 Å². The van der Waals surface area contributed by atoms with E-state index in [0.29, 0.717) is 25.4 Å².